The maximum Gasteiger partial charge on any atom is 0.490 e. The summed E-state index contributed by atoms with van der Waals surface area (Å²) in [5.41, 5.74) is 3.40. The summed E-state index contributed by atoms with van der Waals surface area (Å²) in [5.74, 6) is -2.51. The number of carbonyl (C=O) groups is 3. The summed E-state index contributed by atoms with van der Waals surface area (Å²) in [6, 6.07) is 6.75. The number of hydrogen-bond donors (Lipinski definition) is 2. The number of piperidine rings is 2. The van der Waals surface area contributed by atoms with E-state index in [1.165, 1.54) is 43.5 Å². The van der Waals surface area contributed by atoms with Crippen LogP contribution < -0.4 is 5.32 Å². The predicted molar refractivity (Wildman–Crippen MR) is 129 cm³/mol. The average molecular weight is 512 g/mol. The van der Waals surface area contributed by atoms with Crippen LogP contribution >= 0.6 is 0 Å². The number of hydrogen-bond acceptors (Lipinski definition) is 5. The molecule has 0 aromatic heterocycles. The first-order valence-corrected chi connectivity index (χ1v) is 12.8. The van der Waals surface area contributed by atoms with Gasteiger partial charge < -0.3 is 20.2 Å². The molecule has 0 radical (unpaired) electrons. The standard InChI is InChI=1S/C24H35N3O2.C2HF3O2/c28-23(21-5-4-19-8-12-25-13-9-20(19)18-21)6-7-24(29)27-16-10-22(11-17-27)26-14-2-1-3-15-26;3-2(4,5)1(6)7/h4-5,18,22,25H,1-3,6-17H2;(H,6,7). The van der Waals surface area contributed by atoms with Crippen LogP contribution in [0.3, 0.4) is 0 Å². The van der Waals surface area contributed by atoms with Crippen molar-refractivity contribution in [3.63, 3.8) is 0 Å². The summed E-state index contributed by atoms with van der Waals surface area (Å²) in [7, 11) is 0. The second-order valence-corrected chi connectivity index (χ2v) is 9.67. The first kappa shape index (κ1) is 28.1. The van der Waals surface area contributed by atoms with E-state index in [2.05, 4.69) is 22.3 Å². The van der Waals surface area contributed by atoms with Crippen molar-refractivity contribution in [2.24, 2.45) is 0 Å². The number of carboxylic acids is 1. The molecular formula is C26H36F3N3O4. The summed E-state index contributed by atoms with van der Waals surface area (Å²) in [6.45, 7) is 6.12. The van der Waals surface area contributed by atoms with E-state index >= 15 is 0 Å². The fourth-order valence-electron chi connectivity index (χ4n) is 5.13. The van der Waals surface area contributed by atoms with Crippen molar-refractivity contribution < 1.29 is 32.7 Å². The van der Waals surface area contributed by atoms with Crippen molar-refractivity contribution in [2.45, 2.75) is 70.0 Å². The molecule has 0 aliphatic carbocycles. The van der Waals surface area contributed by atoms with E-state index in [9.17, 15) is 22.8 Å². The molecule has 3 aliphatic heterocycles. The summed E-state index contributed by atoms with van der Waals surface area (Å²) < 4.78 is 31.7. The lowest BCUT2D eigenvalue weighted by Crippen LogP contribution is -2.48. The van der Waals surface area contributed by atoms with Gasteiger partial charge in [-0.15, -0.1) is 0 Å². The van der Waals surface area contributed by atoms with E-state index in [1.807, 2.05) is 11.0 Å². The molecule has 2 saturated heterocycles. The van der Waals surface area contributed by atoms with Crippen molar-refractivity contribution in [2.75, 3.05) is 39.3 Å². The lowest BCUT2D eigenvalue weighted by Gasteiger charge is -2.40. The molecule has 10 heteroatoms. The van der Waals surface area contributed by atoms with Crippen molar-refractivity contribution in [3.05, 3.63) is 34.9 Å². The maximum absolute atomic E-state index is 12.7. The molecule has 36 heavy (non-hydrogen) atoms. The van der Waals surface area contributed by atoms with Gasteiger partial charge in [-0.3, -0.25) is 9.59 Å². The SMILES string of the molecule is O=C(CCC(=O)N1CCC(N2CCCCC2)CC1)c1ccc2c(c1)CCNCC2.O=C(O)C(F)(F)F. The van der Waals surface area contributed by atoms with Gasteiger partial charge >= 0.3 is 12.1 Å². The van der Waals surface area contributed by atoms with Crippen LogP contribution in [-0.4, -0.2) is 84.1 Å². The highest BCUT2D eigenvalue weighted by molar-refractivity contribution is 5.98. The number of nitrogens with one attached hydrogen (secondary N) is 1. The molecule has 1 aromatic rings. The summed E-state index contributed by atoms with van der Waals surface area (Å²) in [5, 5.41) is 10.5. The molecule has 1 amide bonds. The molecule has 0 saturated carbocycles. The smallest absolute Gasteiger partial charge is 0.475 e. The first-order chi connectivity index (χ1) is 17.1. The second-order valence-electron chi connectivity index (χ2n) is 9.67. The highest BCUT2D eigenvalue weighted by Crippen LogP contribution is 2.22. The van der Waals surface area contributed by atoms with Crippen molar-refractivity contribution >= 4 is 17.7 Å². The van der Waals surface area contributed by atoms with Gasteiger partial charge in [-0.1, -0.05) is 18.6 Å². The van der Waals surface area contributed by atoms with Crippen molar-refractivity contribution in [3.8, 4) is 0 Å². The first-order valence-electron chi connectivity index (χ1n) is 12.8. The third kappa shape index (κ3) is 8.30. The number of Topliss-reactive ketones (excluding diaryl/α,β-unsaturated/α-hetero) is 1. The number of fused-ring (bicyclic) bond motifs is 1. The van der Waals surface area contributed by atoms with Gasteiger partial charge in [0.1, 0.15) is 0 Å². The van der Waals surface area contributed by atoms with Gasteiger partial charge in [0.15, 0.2) is 5.78 Å². The van der Waals surface area contributed by atoms with Crippen LogP contribution in [0.5, 0.6) is 0 Å². The zero-order valence-corrected chi connectivity index (χ0v) is 20.6. The van der Waals surface area contributed by atoms with Gasteiger partial charge in [-0.25, -0.2) is 4.79 Å². The third-order valence-corrected chi connectivity index (χ3v) is 7.20. The van der Waals surface area contributed by atoms with E-state index < -0.39 is 12.1 Å². The number of alkyl halides is 3. The lowest BCUT2D eigenvalue weighted by atomic mass is 9.96. The summed E-state index contributed by atoms with van der Waals surface area (Å²) in [6.07, 6.45) is 3.74. The predicted octanol–water partition coefficient (Wildman–Crippen LogP) is 3.45. The van der Waals surface area contributed by atoms with Crippen molar-refractivity contribution in [1.29, 1.82) is 0 Å². The molecule has 0 bridgehead atoms. The van der Waals surface area contributed by atoms with Crippen LogP contribution in [0, 0.1) is 0 Å². The molecule has 0 atom stereocenters. The van der Waals surface area contributed by atoms with Gasteiger partial charge in [0, 0.05) is 37.5 Å². The second kappa shape index (κ2) is 13.2. The number of halogens is 3. The van der Waals surface area contributed by atoms with Gasteiger partial charge in [-0.2, -0.15) is 13.2 Å². The monoisotopic (exact) mass is 511 g/mol. The Kier molecular flexibility index (Phi) is 10.3. The molecule has 2 N–H and O–H groups in total. The number of amides is 1. The minimum Gasteiger partial charge on any atom is -0.475 e. The zero-order chi connectivity index (χ0) is 26.1. The van der Waals surface area contributed by atoms with Crippen LogP contribution in [0.2, 0.25) is 0 Å². The Morgan fingerprint density at radius 1 is 0.917 bits per heavy atom. The number of likely N-dealkylation sites (tertiary alicyclic amines) is 2. The summed E-state index contributed by atoms with van der Waals surface area (Å²) in [4.78, 5) is 38.8. The van der Waals surface area contributed by atoms with E-state index in [4.69, 9.17) is 9.90 Å². The zero-order valence-electron chi connectivity index (χ0n) is 20.6. The Balaban J connectivity index is 0.000000454. The number of benzene rings is 1. The average Bonchev–Trinajstić information content (AvgIpc) is 3.12. The Labute approximate surface area is 210 Å². The number of carboxylic acid groups (broad SMARTS) is 1. The maximum atomic E-state index is 12.7. The number of rotatable bonds is 5. The van der Waals surface area contributed by atoms with Gasteiger partial charge in [0.2, 0.25) is 5.91 Å². The minimum absolute atomic E-state index is 0.0987. The van der Waals surface area contributed by atoms with E-state index in [-0.39, 0.29) is 11.7 Å². The van der Waals surface area contributed by atoms with Gasteiger partial charge in [0.05, 0.1) is 0 Å². The number of aliphatic carboxylic acids is 1. The molecule has 200 valence electrons. The molecular weight excluding hydrogens is 475 g/mol. The van der Waals surface area contributed by atoms with Crippen LogP contribution in [0.1, 0.15) is 66.4 Å². The van der Waals surface area contributed by atoms with Crippen LogP contribution in [0.4, 0.5) is 13.2 Å². The van der Waals surface area contributed by atoms with E-state index in [0.29, 0.717) is 18.9 Å². The number of carbonyl (C=O) groups excluding carboxylic acids is 2. The normalized spacial score (nSPS) is 19.5. The molecule has 3 aliphatic rings. The molecule has 4 rings (SSSR count). The Hall–Kier alpha value is -2.46. The topological polar surface area (TPSA) is 90.0 Å². The fraction of sp³-hybridized carbons (Fsp3) is 0.654. The molecule has 0 spiro atoms. The fourth-order valence-corrected chi connectivity index (χ4v) is 5.13. The number of nitrogens with zero attached hydrogens (tertiary/aromatic N) is 2. The van der Waals surface area contributed by atoms with Crippen molar-refractivity contribution in [1.82, 2.24) is 15.1 Å². The third-order valence-electron chi connectivity index (χ3n) is 7.20. The molecule has 2 fully saturated rings. The van der Waals surface area contributed by atoms with E-state index in [1.54, 1.807) is 0 Å². The van der Waals surface area contributed by atoms with Crippen LogP contribution in [-0.2, 0) is 22.4 Å². The molecule has 7 nitrogen and oxygen atoms in total. The quantitative estimate of drug-likeness (QED) is 0.589. The molecule has 1 aromatic carbocycles. The number of ketones is 1. The minimum atomic E-state index is -5.08. The molecule has 0 unspecified atom stereocenters. The highest BCUT2D eigenvalue weighted by atomic mass is 19.4. The van der Waals surface area contributed by atoms with Crippen LogP contribution in [0.15, 0.2) is 18.2 Å². The Morgan fingerprint density at radius 3 is 2.14 bits per heavy atom. The highest BCUT2D eigenvalue weighted by Gasteiger charge is 2.38. The summed E-state index contributed by atoms with van der Waals surface area (Å²) >= 11 is 0. The van der Waals surface area contributed by atoms with Gasteiger partial charge in [0.25, 0.3) is 0 Å². The van der Waals surface area contributed by atoms with Gasteiger partial charge in [-0.05, 0) is 81.9 Å². The largest absolute Gasteiger partial charge is 0.490 e. The Morgan fingerprint density at radius 2 is 1.53 bits per heavy atom. The molecule has 3 heterocycles. The lowest BCUT2D eigenvalue weighted by molar-refractivity contribution is -0.192. The Bertz CT molecular complexity index is 908. The van der Waals surface area contributed by atoms with E-state index in [0.717, 1.165) is 57.4 Å². The van der Waals surface area contributed by atoms with Crippen LogP contribution in [0.25, 0.3) is 0 Å².